The van der Waals surface area contributed by atoms with Crippen molar-refractivity contribution in [1.82, 2.24) is 10.6 Å². The largest absolute Gasteiger partial charge is 0.508 e. The zero-order chi connectivity index (χ0) is 21.3. The van der Waals surface area contributed by atoms with Gasteiger partial charge in [0.15, 0.2) is 0 Å². The Morgan fingerprint density at radius 2 is 1.75 bits per heavy atom. The van der Waals surface area contributed by atoms with E-state index in [1.54, 1.807) is 12.1 Å². The molecule has 0 saturated heterocycles. The summed E-state index contributed by atoms with van der Waals surface area (Å²) in [4.78, 5) is 36.0. The standard InChI is InChI=1S/C18H27N3O6S/c1-10(22)15(17(25)20-14(18(26)27)7-8-28-2)21-16(24)13(19)9-11-3-5-12(23)6-4-11/h3-6,10,13-15,22-23H,7-9,19H2,1-2H3,(H,20,25)(H,21,24)(H,26,27). The number of nitrogens with one attached hydrogen (secondary N) is 2. The number of aromatic hydroxyl groups is 1. The number of phenolic OH excluding ortho intramolecular Hbond substituents is 1. The predicted octanol–water partition coefficient (Wildman–Crippen LogP) is -0.550. The maximum absolute atomic E-state index is 12.4. The highest BCUT2D eigenvalue weighted by Gasteiger charge is 2.30. The van der Waals surface area contributed by atoms with Crippen LogP contribution < -0.4 is 16.4 Å². The molecule has 28 heavy (non-hydrogen) atoms. The van der Waals surface area contributed by atoms with Crippen LogP contribution in [0.2, 0.25) is 0 Å². The molecule has 10 heteroatoms. The first kappa shape index (κ1) is 23.7. The number of rotatable bonds is 11. The van der Waals surface area contributed by atoms with E-state index in [2.05, 4.69) is 10.6 Å². The van der Waals surface area contributed by atoms with Crippen molar-refractivity contribution in [3.8, 4) is 5.75 Å². The molecule has 1 rings (SSSR count). The topological polar surface area (TPSA) is 162 Å². The number of aliphatic hydroxyl groups is 1. The van der Waals surface area contributed by atoms with Gasteiger partial charge in [0.1, 0.15) is 17.8 Å². The smallest absolute Gasteiger partial charge is 0.326 e. The normalized spacial score (nSPS) is 15.1. The number of amides is 2. The summed E-state index contributed by atoms with van der Waals surface area (Å²) in [5.41, 5.74) is 6.58. The van der Waals surface area contributed by atoms with Gasteiger partial charge in [0.2, 0.25) is 11.8 Å². The third kappa shape index (κ3) is 7.75. The van der Waals surface area contributed by atoms with E-state index in [1.807, 2.05) is 6.26 Å². The van der Waals surface area contributed by atoms with E-state index in [-0.39, 0.29) is 18.6 Å². The Morgan fingerprint density at radius 3 is 2.25 bits per heavy atom. The molecule has 0 aliphatic carbocycles. The van der Waals surface area contributed by atoms with E-state index in [1.165, 1.54) is 30.8 Å². The van der Waals surface area contributed by atoms with Gasteiger partial charge in [-0.3, -0.25) is 9.59 Å². The number of carbonyl (C=O) groups excluding carboxylic acids is 2. The van der Waals surface area contributed by atoms with Gasteiger partial charge in [0.25, 0.3) is 0 Å². The number of carboxylic acids is 1. The van der Waals surface area contributed by atoms with Crippen molar-refractivity contribution in [3.63, 3.8) is 0 Å². The number of phenols is 1. The minimum atomic E-state index is -1.34. The number of hydrogen-bond donors (Lipinski definition) is 6. The fourth-order valence-corrected chi connectivity index (χ4v) is 2.87. The van der Waals surface area contributed by atoms with Crippen LogP contribution >= 0.6 is 11.8 Å². The number of carbonyl (C=O) groups is 3. The monoisotopic (exact) mass is 413 g/mol. The maximum atomic E-state index is 12.4. The molecule has 0 aromatic heterocycles. The lowest BCUT2D eigenvalue weighted by Crippen LogP contribution is -2.58. The van der Waals surface area contributed by atoms with Crippen molar-refractivity contribution >= 4 is 29.5 Å². The Bertz CT molecular complexity index is 668. The molecule has 0 spiro atoms. The molecule has 1 aromatic carbocycles. The third-order valence-electron chi connectivity index (χ3n) is 4.02. The van der Waals surface area contributed by atoms with E-state index >= 15 is 0 Å². The van der Waals surface area contributed by atoms with Gasteiger partial charge in [-0.1, -0.05) is 12.1 Å². The summed E-state index contributed by atoms with van der Waals surface area (Å²) in [7, 11) is 0. The number of benzene rings is 1. The zero-order valence-corrected chi connectivity index (χ0v) is 16.6. The Labute approximate surface area is 167 Å². The van der Waals surface area contributed by atoms with Crippen LogP contribution in [0.15, 0.2) is 24.3 Å². The molecule has 9 nitrogen and oxygen atoms in total. The summed E-state index contributed by atoms with van der Waals surface area (Å²) < 4.78 is 0. The van der Waals surface area contributed by atoms with Crippen LogP contribution in [0, 0.1) is 0 Å². The summed E-state index contributed by atoms with van der Waals surface area (Å²) in [5.74, 6) is -2.04. The van der Waals surface area contributed by atoms with Crippen LogP contribution in [-0.4, -0.2) is 69.3 Å². The number of thioether (sulfide) groups is 1. The second-order valence-corrected chi connectivity index (χ2v) is 7.37. The van der Waals surface area contributed by atoms with Gasteiger partial charge in [0.05, 0.1) is 12.1 Å². The van der Waals surface area contributed by atoms with Gasteiger partial charge in [-0.2, -0.15) is 11.8 Å². The lowest BCUT2D eigenvalue weighted by molar-refractivity contribution is -0.143. The van der Waals surface area contributed by atoms with Gasteiger partial charge in [0, 0.05) is 0 Å². The van der Waals surface area contributed by atoms with E-state index in [0.717, 1.165) is 0 Å². The molecule has 0 fully saturated rings. The van der Waals surface area contributed by atoms with Crippen LogP contribution in [0.3, 0.4) is 0 Å². The highest BCUT2D eigenvalue weighted by molar-refractivity contribution is 7.98. The molecule has 0 heterocycles. The first-order valence-electron chi connectivity index (χ1n) is 8.69. The van der Waals surface area contributed by atoms with Crippen molar-refractivity contribution in [2.24, 2.45) is 5.73 Å². The number of nitrogens with two attached hydrogens (primary N) is 1. The van der Waals surface area contributed by atoms with Gasteiger partial charge >= 0.3 is 5.97 Å². The molecular weight excluding hydrogens is 386 g/mol. The van der Waals surface area contributed by atoms with E-state index in [0.29, 0.717) is 11.3 Å². The van der Waals surface area contributed by atoms with Crippen molar-refractivity contribution in [2.75, 3.05) is 12.0 Å². The molecule has 4 unspecified atom stereocenters. The van der Waals surface area contributed by atoms with Crippen molar-refractivity contribution in [1.29, 1.82) is 0 Å². The fraction of sp³-hybridized carbons (Fsp3) is 0.500. The first-order chi connectivity index (χ1) is 13.1. The summed E-state index contributed by atoms with van der Waals surface area (Å²) in [6, 6.07) is 2.71. The van der Waals surface area contributed by atoms with Crippen LogP contribution in [0.4, 0.5) is 0 Å². The lowest BCUT2D eigenvalue weighted by atomic mass is 10.0. The van der Waals surface area contributed by atoms with Crippen LogP contribution in [0.1, 0.15) is 18.9 Å². The molecule has 0 saturated carbocycles. The fourth-order valence-electron chi connectivity index (χ4n) is 2.40. The number of carboxylic acid groups (broad SMARTS) is 1. The number of hydrogen-bond acceptors (Lipinski definition) is 7. The maximum Gasteiger partial charge on any atom is 0.326 e. The number of aliphatic carboxylic acids is 1. The molecule has 1 aromatic rings. The lowest BCUT2D eigenvalue weighted by Gasteiger charge is -2.24. The molecule has 0 aliphatic rings. The highest BCUT2D eigenvalue weighted by atomic mass is 32.2. The third-order valence-corrected chi connectivity index (χ3v) is 4.66. The molecule has 0 aliphatic heterocycles. The molecule has 0 radical (unpaired) electrons. The Hall–Kier alpha value is -2.30. The van der Waals surface area contributed by atoms with E-state index < -0.39 is 42.0 Å². The van der Waals surface area contributed by atoms with Gasteiger partial charge < -0.3 is 31.7 Å². The van der Waals surface area contributed by atoms with Gasteiger partial charge in [-0.05, 0) is 49.5 Å². The molecule has 4 atom stereocenters. The Balaban J connectivity index is 2.73. The molecule has 2 amide bonds. The summed E-state index contributed by atoms with van der Waals surface area (Å²) in [6.45, 7) is 1.31. The second-order valence-electron chi connectivity index (χ2n) is 6.38. The zero-order valence-electron chi connectivity index (χ0n) is 15.8. The van der Waals surface area contributed by atoms with Crippen molar-refractivity contribution < 1.29 is 29.7 Å². The average molecular weight is 413 g/mol. The Morgan fingerprint density at radius 1 is 1.14 bits per heavy atom. The number of aliphatic hydroxyl groups excluding tert-OH is 1. The Kier molecular flexibility index (Phi) is 9.77. The average Bonchev–Trinajstić information content (AvgIpc) is 2.63. The van der Waals surface area contributed by atoms with E-state index in [4.69, 9.17) is 5.73 Å². The second kappa shape index (κ2) is 11.5. The van der Waals surface area contributed by atoms with Crippen molar-refractivity contribution in [3.05, 3.63) is 29.8 Å². The van der Waals surface area contributed by atoms with Crippen LogP contribution in [-0.2, 0) is 20.8 Å². The highest BCUT2D eigenvalue weighted by Crippen LogP contribution is 2.11. The first-order valence-corrected chi connectivity index (χ1v) is 10.1. The van der Waals surface area contributed by atoms with Crippen LogP contribution in [0.5, 0.6) is 5.75 Å². The molecule has 0 bridgehead atoms. The minimum Gasteiger partial charge on any atom is -0.508 e. The molecular formula is C18H27N3O6S. The van der Waals surface area contributed by atoms with Crippen molar-refractivity contribution in [2.45, 2.75) is 44.0 Å². The van der Waals surface area contributed by atoms with Gasteiger partial charge in [-0.15, -0.1) is 0 Å². The molecule has 156 valence electrons. The van der Waals surface area contributed by atoms with Gasteiger partial charge in [-0.25, -0.2) is 4.79 Å². The summed E-state index contributed by atoms with van der Waals surface area (Å²) in [5, 5.41) is 33.1. The SMILES string of the molecule is CSCCC(NC(=O)C(NC(=O)C(N)Cc1ccc(O)cc1)C(C)O)C(=O)O. The quantitative estimate of drug-likeness (QED) is 0.281. The molecule has 7 N–H and O–H groups in total. The summed E-state index contributed by atoms with van der Waals surface area (Å²) in [6.07, 6.45) is 0.934. The van der Waals surface area contributed by atoms with E-state index in [9.17, 15) is 29.7 Å². The minimum absolute atomic E-state index is 0.0853. The van der Waals surface area contributed by atoms with Crippen LogP contribution in [0.25, 0.3) is 0 Å². The summed E-state index contributed by atoms with van der Waals surface area (Å²) >= 11 is 1.44. The predicted molar refractivity (Wildman–Crippen MR) is 106 cm³/mol.